The lowest BCUT2D eigenvalue weighted by Gasteiger charge is -2.20. The van der Waals surface area contributed by atoms with Gasteiger partial charge in [-0.25, -0.2) is 4.98 Å². The molecule has 0 atom stereocenters. The van der Waals surface area contributed by atoms with Crippen molar-refractivity contribution >= 4 is 17.4 Å². The Morgan fingerprint density at radius 2 is 2.00 bits per heavy atom. The molecule has 2 aromatic rings. The SMILES string of the molecule is CC1(C)C(=O)N(Cc2ccnc(N)c2)c2ccccc21. The summed E-state index contributed by atoms with van der Waals surface area (Å²) in [7, 11) is 0. The van der Waals surface area contributed by atoms with Crippen LogP contribution in [0.15, 0.2) is 42.6 Å². The van der Waals surface area contributed by atoms with E-state index in [1.165, 1.54) is 0 Å². The number of nitrogens with two attached hydrogens (primary N) is 1. The van der Waals surface area contributed by atoms with Gasteiger partial charge in [0.15, 0.2) is 0 Å². The maximum Gasteiger partial charge on any atom is 0.237 e. The maximum atomic E-state index is 12.7. The van der Waals surface area contributed by atoms with Crippen molar-refractivity contribution in [3.63, 3.8) is 0 Å². The summed E-state index contributed by atoms with van der Waals surface area (Å²) in [5.41, 5.74) is 8.27. The average molecular weight is 267 g/mol. The van der Waals surface area contributed by atoms with Crippen molar-refractivity contribution in [2.45, 2.75) is 25.8 Å². The third-order valence-corrected chi connectivity index (χ3v) is 3.83. The van der Waals surface area contributed by atoms with Gasteiger partial charge < -0.3 is 10.6 Å². The number of aromatic nitrogens is 1. The van der Waals surface area contributed by atoms with Crippen LogP contribution >= 0.6 is 0 Å². The summed E-state index contributed by atoms with van der Waals surface area (Å²) in [4.78, 5) is 18.5. The molecule has 0 aliphatic carbocycles. The molecule has 0 saturated carbocycles. The fraction of sp³-hybridized carbons (Fsp3) is 0.250. The van der Waals surface area contributed by atoms with Gasteiger partial charge >= 0.3 is 0 Å². The first-order chi connectivity index (χ1) is 9.50. The molecule has 0 fully saturated rings. The largest absolute Gasteiger partial charge is 0.384 e. The van der Waals surface area contributed by atoms with Crippen molar-refractivity contribution < 1.29 is 4.79 Å². The third kappa shape index (κ3) is 1.84. The Balaban J connectivity index is 2.01. The Bertz CT molecular complexity index is 679. The fourth-order valence-corrected chi connectivity index (χ4v) is 2.73. The lowest BCUT2D eigenvalue weighted by atomic mass is 9.86. The van der Waals surface area contributed by atoms with Crippen LogP contribution in [0.2, 0.25) is 0 Å². The number of anilines is 2. The van der Waals surface area contributed by atoms with Crippen molar-refractivity contribution in [3.05, 3.63) is 53.7 Å². The van der Waals surface area contributed by atoms with E-state index in [9.17, 15) is 4.79 Å². The van der Waals surface area contributed by atoms with Crippen LogP contribution in [0.5, 0.6) is 0 Å². The van der Waals surface area contributed by atoms with Crippen molar-refractivity contribution in [2.24, 2.45) is 0 Å². The van der Waals surface area contributed by atoms with Gasteiger partial charge in [0.25, 0.3) is 0 Å². The van der Waals surface area contributed by atoms with Crippen LogP contribution in [0.3, 0.4) is 0 Å². The molecule has 4 nitrogen and oxygen atoms in total. The third-order valence-electron chi connectivity index (χ3n) is 3.83. The Labute approximate surface area is 118 Å². The molecular weight excluding hydrogens is 250 g/mol. The van der Waals surface area contributed by atoms with E-state index in [1.54, 1.807) is 12.3 Å². The minimum Gasteiger partial charge on any atom is -0.384 e. The summed E-state index contributed by atoms with van der Waals surface area (Å²) in [6, 6.07) is 11.6. The standard InChI is InChI=1S/C16H17N3O/c1-16(2)12-5-3-4-6-13(12)19(15(16)20)10-11-7-8-18-14(17)9-11/h3-9H,10H2,1-2H3,(H2,17,18). The molecule has 1 aromatic carbocycles. The molecule has 3 rings (SSSR count). The highest BCUT2D eigenvalue weighted by Gasteiger charge is 2.43. The number of pyridine rings is 1. The quantitative estimate of drug-likeness (QED) is 0.909. The Morgan fingerprint density at radius 3 is 2.75 bits per heavy atom. The molecule has 2 N–H and O–H groups in total. The number of benzene rings is 1. The van der Waals surface area contributed by atoms with Crippen molar-refractivity contribution in [1.29, 1.82) is 0 Å². The number of amides is 1. The Kier molecular flexibility index (Phi) is 2.74. The first-order valence-corrected chi connectivity index (χ1v) is 6.62. The molecule has 1 aromatic heterocycles. The van der Waals surface area contributed by atoms with Crippen LogP contribution in [-0.4, -0.2) is 10.9 Å². The molecule has 0 spiro atoms. The first-order valence-electron chi connectivity index (χ1n) is 6.62. The number of hydrogen-bond acceptors (Lipinski definition) is 3. The van der Waals surface area contributed by atoms with Crippen LogP contribution in [0, 0.1) is 0 Å². The van der Waals surface area contributed by atoms with E-state index in [0.717, 1.165) is 16.8 Å². The summed E-state index contributed by atoms with van der Waals surface area (Å²) in [5, 5.41) is 0. The minimum absolute atomic E-state index is 0.120. The Hall–Kier alpha value is -2.36. The molecular formula is C16H17N3O. The number of rotatable bonds is 2. The number of nitrogens with zero attached hydrogens (tertiary/aromatic N) is 2. The highest BCUT2D eigenvalue weighted by molar-refractivity contribution is 6.07. The van der Waals surface area contributed by atoms with Crippen LogP contribution in [0.4, 0.5) is 11.5 Å². The van der Waals surface area contributed by atoms with Crippen molar-refractivity contribution in [3.8, 4) is 0 Å². The molecule has 0 unspecified atom stereocenters. The predicted octanol–water partition coefficient (Wildman–Crippen LogP) is 2.49. The van der Waals surface area contributed by atoms with E-state index in [4.69, 9.17) is 5.73 Å². The molecule has 1 aliphatic rings. The number of fused-ring (bicyclic) bond motifs is 1. The topological polar surface area (TPSA) is 59.2 Å². The lowest BCUT2D eigenvalue weighted by molar-refractivity contribution is -0.122. The van der Waals surface area contributed by atoms with Gasteiger partial charge in [-0.3, -0.25) is 4.79 Å². The monoisotopic (exact) mass is 267 g/mol. The van der Waals surface area contributed by atoms with Crippen molar-refractivity contribution in [2.75, 3.05) is 10.6 Å². The van der Waals surface area contributed by atoms with Gasteiger partial charge in [-0.15, -0.1) is 0 Å². The number of carbonyl (C=O) groups is 1. The molecule has 1 aliphatic heterocycles. The second-order valence-corrected chi connectivity index (χ2v) is 5.62. The zero-order valence-electron chi connectivity index (χ0n) is 11.6. The second kappa shape index (κ2) is 4.34. The van der Waals surface area contributed by atoms with E-state index in [0.29, 0.717) is 12.4 Å². The molecule has 20 heavy (non-hydrogen) atoms. The van der Waals surface area contributed by atoms with E-state index < -0.39 is 5.41 Å². The summed E-state index contributed by atoms with van der Waals surface area (Å²) in [6.07, 6.45) is 1.67. The van der Waals surface area contributed by atoms with E-state index in [-0.39, 0.29) is 5.91 Å². The summed E-state index contributed by atoms with van der Waals surface area (Å²) < 4.78 is 0. The van der Waals surface area contributed by atoms with E-state index in [2.05, 4.69) is 4.98 Å². The number of nitrogen functional groups attached to an aromatic ring is 1. The van der Waals surface area contributed by atoms with Crippen LogP contribution in [0.25, 0.3) is 0 Å². The zero-order chi connectivity index (χ0) is 14.3. The van der Waals surface area contributed by atoms with Gasteiger partial charge in [-0.2, -0.15) is 0 Å². The highest BCUT2D eigenvalue weighted by Crippen LogP contribution is 2.41. The minimum atomic E-state index is -0.477. The van der Waals surface area contributed by atoms with Crippen LogP contribution in [0.1, 0.15) is 25.0 Å². The fourth-order valence-electron chi connectivity index (χ4n) is 2.73. The zero-order valence-corrected chi connectivity index (χ0v) is 11.6. The molecule has 0 saturated heterocycles. The molecule has 1 amide bonds. The summed E-state index contributed by atoms with van der Waals surface area (Å²) in [6.45, 7) is 4.45. The van der Waals surface area contributed by atoms with Gasteiger partial charge in [-0.05, 0) is 43.2 Å². The molecule has 0 radical (unpaired) electrons. The average Bonchev–Trinajstić information content (AvgIpc) is 2.61. The molecule has 102 valence electrons. The van der Waals surface area contributed by atoms with Gasteiger partial charge in [0, 0.05) is 11.9 Å². The second-order valence-electron chi connectivity index (χ2n) is 5.62. The normalized spacial score (nSPS) is 16.3. The maximum absolute atomic E-state index is 12.7. The lowest BCUT2D eigenvalue weighted by Crippen LogP contribution is -2.35. The summed E-state index contributed by atoms with van der Waals surface area (Å²) >= 11 is 0. The van der Waals surface area contributed by atoms with Crippen molar-refractivity contribution in [1.82, 2.24) is 4.98 Å². The smallest absolute Gasteiger partial charge is 0.237 e. The van der Waals surface area contributed by atoms with E-state index >= 15 is 0 Å². The van der Waals surface area contributed by atoms with Gasteiger partial charge in [-0.1, -0.05) is 18.2 Å². The Morgan fingerprint density at radius 1 is 1.25 bits per heavy atom. The van der Waals surface area contributed by atoms with Crippen LogP contribution in [-0.2, 0) is 16.8 Å². The molecule has 0 bridgehead atoms. The highest BCUT2D eigenvalue weighted by atomic mass is 16.2. The molecule has 4 heteroatoms. The number of para-hydroxylation sites is 1. The van der Waals surface area contributed by atoms with Gasteiger partial charge in [0.1, 0.15) is 5.82 Å². The predicted molar refractivity (Wildman–Crippen MR) is 79.3 cm³/mol. The van der Waals surface area contributed by atoms with E-state index in [1.807, 2.05) is 49.1 Å². The summed E-state index contributed by atoms with van der Waals surface area (Å²) in [5.74, 6) is 0.593. The number of hydrogen-bond donors (Lipinski definition) is 1. The molecule has 2 heterocycles. The van der Waals surface area contributed by atoms with Crippen LogP contribution < -0.4 is 10.6 Å². The van der Waals surface area contributed by atoms with Gasteiger partial charge in [0.2, 0.25) is 5.91 Å². The first kappa shape index (κ1) is 12.7. The number of carbonyl (C=O) groups excluding carboxylic acids is 1. The van der Waals surface area contributed by atoms with Gasteiger partial charge in [0.05, 0.1) is 12.0 Å².